The minimum absolute atomic E-state index is 0.0407. The van der Waals surface area contributed by atoms with Crippen molar-refractivity contribution in [2.75, 3.05) is 25.6 Å². The van der Waals surface area contributed by atoms with Crippen molar-refractivity contribution in [3.63, 3.8) is 0 Å². The maximum atomic E-state index is 15.2. The number of nitrogens with zero attached hydrogens (tertiary/aromatic N) is 4. The molecule has 22 heavy (non-hydrogen) atoms. The minimum Gasteiger partial charge on any atom is -0.475 e. The van der Waals surface area contributed by atoms with Crippen LogP contribution in [0.1, 0.15) is 12.6 Å². The van der Waals surface area contributed by atoms with Crippen LogP contribution in [0.15, 0.2) is 6.20 Å². The molecule has 3 rings (SSSR count). The van der Waals surface area contributed by atoms with E-state index in [1.807, 2.05) is 0 Å². The molecule has 1 aliphatic rings. The third-order valence-corrected chi connectivity index (χ3v) is 3.56. The minimum atomic E-state index is -2.27. The van der Waals surface area contributed by atoms with Crippen LogP contribution in [0.4, 0.5) is 10.3 Å². The molecule has 2 aromatic heterocycles. The SMILES string of the molecule is CCOc1nc(N)nn2c([C@@]3(F)CO[C@H](CO)[C@H]3O)cnc12. The number of aliphatic hydroxyl groups excluding tert-OH is 2. The van der Waals surface area contributed by atoms with Crippen molar-refractivity contribution in [3.05, 3.63) is 11.9 Å². The van der Waals surface area contributed by atoms with E-state index in [2.05, 4.69) is 15.1 Å². The summed E-state index contributed by atoms with van der Waals surface area (Å²) in [5.74, 6) is 0.00266. The molecule has 0 spiro atoms. The highest BCUT2D eigenvalue weighted by molar-refractivity contribution is 5.52. The van der Waals surface area contributed by atoms with Crippen LogP contribution in [-0.2, 0) is 10.4 Å². The molecule has 3 atom stereocenters. The maximum Gasteiger partial charge on any atom is 0.263 e. The van der Waals surface area contributed by atoms with Crippen LogP contribution < -0.4 is 10.5 Å². The average molecular weight is 313 g/mol. The van der Waals surface area contributed by atoms with Gasteiger partial charge in [0.25, 0.3) is 5.88 Å². The molecule has 120 valence electrons. The van der Waals surface area contributed by atoms with Gasteiger partial charge in [-0.05, 0) is 6.92 Å². The summed E-state index contributed by atoms with van der Waals surface area (Å²) in [6.45, 7) is 1.16. The summed E-state index contributed by atoms with van der Waals surface area (Å²) in [6.07, 6.45) is -1.34. The Morgan fingerprint density at radius 3 is 3.05 bits per heavy atom. The van der Waals surface area contributed by atoms with Crippen LogP contribution in [-0.4, -0.2) is 61.8 Å². The van der Waals surface area contributed by atoms with E-state index in [1.54, 1.807) is 6.92 Å². The van der Waals surface area contributed by atoms with Gasteiger partial charge in [0.15, 0.2) is 0 Å². The predicted octanol–water partition coefficient (Wildman–Crippen LogP) is -0.978. The topological polar surface area (TPSA) is 128 Å². The Morgan fingerprint density at radius 2 is 2.41 bits per heavy atom. The molecule has 0 radical (unpaired) electrons. The van der Waals surface area contributed by atoms with Gasteiger partial charge in [-0.2, -0.15) is 4.98 Å². The molecule has 3 heterocycles. The highest BCUT2D eigenvalue weighted by Crippen LogP contribution is 2.38. The number of nitrogen functional groups attached to an aromatic ring is 1. The summed E-state index contributed by atoms with van der Waals surface area (Å²) in [5, 5.41) is 23.1. The van der Waals surface area contributed by atoms with E-state index >= 15 is 4.39 Å². The predicted molar refractivity (Wildman–Crippen MR) is 72.0 cm³/mol. The number of rotatable bonds is 4. The summed E-state index contributed by atoms with van der Waals surface area (Å²) in [6, 6.07) is 0. The third kappa shape index (κ3) is 2.07. The van der Waals surface area contributed by atoms with Crippen molar-refractivity contribution in [3.8, 4) is 5.88 Å². The lowest BCUT2D eigenvalue weighted by Gasteiger charge is -2.22. The first-order chi connectivity index (χ1) is 10.5. The largest absolute Gasteiger partial charge is 0.475 e. The third-order valence-electron chi connectivity index (χ3n) is 3.56. The molecule has 0 amide bonds. The fourth-order valence-corrected chi connectivity index (χ4v) is 2.47. The molecule has 9 nitrogen and oxygen atoms in total. The first-order valence-corrected chi connectivity index (χ1v) is 6.75. The van der Waals surface area contributed by atoms with Crippen molar-refractivity contribution in [1.82, 2.24) is 19.6 Å². The molecule has 0 bridgehead atoms. The van der Waals surface area contributed by atoms with Gasteiger partial charge in [0.2, 0.25) is 17.3 Å². The Hall–Kier alpha value is -2.04. The second-order valence-electron chi connectivity index (χ2n) is 4.93. The Bertz CT molecular complexity index is 695. The Balaban J connectivity index is 2.12. The van der Waals surface area contributed by atoms with Crippen molar-refractivity contribution in [2.45, 2.75) is 24.8 Å². The summed E-state index contributed by atoms with van der Waals surface area (Å²) in [5.41, 5.74) is 3.48. The zero-order valence-electron chi connectivity index (χ0n) is 11.8. The van der Waals surface area contributed by atoms with Gasteiger partial charge < -0.3 is 25.4 Å². The molecular weight excluding hydrogens is 297 g/mol. The summed E-state index contributed by atoms with van der Waals surface area (Å²) >= 11 is 0. The number of anilines is 1. The number of aromatic nitrogens is 4. The zero-order valence-corrected chi connectivity index (χ0v) is 11.8. The number of nitrogens with two attached hydrogens (primary N) is 1. The number of alkyl halides is 1. The lowest BCUT2D eigenvalue weighted by molar-refractivity contribution is -0.0168. The monoisotopic (exact) mass is 313 g/mol. The maximum absolute atomic E-state index is 15.2. The van der Waals surface area contributed by atoms with Gasteiger partial charge in [-0.1, -0.05) is 0 Å². The smallest absolute Gasteiger partial charge is 0.263 e. The molecule has 0 aliphatic carbocycles. The number of hydrogen-bond donors (Lipinski definition) is 3. The Morgan fingerprint density at radius 1 is 1.64 bits per heavy atom. The molecule has 1 aliphatic heterocycles. The number of halogens is 1. The van der Waals surface area contributed by atoms with Crippen LogP contribution in [0.2, 0.25) is 0 Å². The number of aliphatic hydroxyl groups is 2. The van der Waals surface area contributed by atoms with E-state index in [-0.39, 0.29) is 23.2 Å². The summed E-state index contributed by atoms with van der Waals surface area (Å²) in [7, 11) is 0. The first-order valence-electron chi connectivity index (χ1n) is 6.75. The quantitative estimate of drug-likeness (QED) is 0.657. The molecule has 2 aromatic rings. The van der Waals surface area contributed by atoms with Crippen molar-refractivity contribution < 1.29 is 24.1 Å². The van der Waals surface area contributed by atoms with Gasteiger partial charge in [0.1, 0.15) is 17.9 Å². The Labute approximate surface area is 124 Å². The van der Waals surface area contributed by atoms with Crippen LogP contribution in [0.25, 0.3) is 5.65 Å². The van der Waals surface area contributed by atoms with E-state index in [9.17, 15) is 5.11 Å². The number of hydrogen-bond acceptors (Lipinski definition) is 8. The van der Waals surface area contributed by atoms with E-state index in [1.165, 1.54) is 6.20 Å². The normalized spacial score (nSPS) is 28.4. The summed E-state index contributed by atoms with van der Waals surface area (Å²) in [4.78, 5) is 7.95. The van der Waals surface area contributed by atoms with Gasteiger partial charge in [-0.25, -0.2) is 13.9 Å². The van der Waals surface area contributed by atoms with Crippen LogP contribution in [0, 0.1) is 0 Å². The van der Waals surface area contributed by atoms with Gasteiger partial charge in [-0.3, -0.25) is 0 Å². The number of fused-ring (bicyclic) bond motifs is 1. The second kappa shape index (κ2) is 5.30. The molecule has 1 saturated heterocycles. The fraction of sp³-hybridized carbons (Fsp3) is 0.583. The van der Waals surface area contributed by atoms with E-state index in [0.717, 1.165) is 4.52 Å². The highest BCUT2D eigenvalue weighted by atomic mass is 19.1. The molecule has 0 aromatic carbocycles. The van der Waals surface area contributed by atoms with Crippen LogP contribution in [0.3, 0.4) is 0 Å². The van der Waals surface area contributed by atoms with E-state index < -0.39 is 31.1 Å². The molecule has 0 saturated carbocycles. The molecule has 0 unspecified atom stereocenters. The van der Waals surface area contributed by atoms with Gasteiger partial charge in [0.05, 0.1) is 26.0 Å². The standard InChI is InChI=1S/C12H16FN5O4/c1-2-21-10-9-15-3-7(18(9)17-11(14)16-10)12(13)5-22-6(4-19)8(12)20/h3,6,8,19-20H,2,4-5H2,1H3,(H2,14,17)/t6-,8-,12+/m1/s1. The van der Waals surface area contributed by atoms with Gasteiger partial charge in [0, 0.05) is 0 Å². The summed E-state index contributed by atoms with van der Waals surface area (Å²) < 4.78 is 26.7. The van der Waals surface area contributed by atoms with Crippen LogP contribution >= 0.6 is 0 Å². The van der Waals surface area contributed by atoms with Crippen molar-refractivity contribution >= 4 is 11.6 Å². The average Bonchev–Trinajstić information content (AvgIpc) is 3.03. The molecular formula is C12H16FN5O4. The van der Waals surface area contributed by atoms with Crippen molar-refractivity contribution in [1.29, 1.82) is 0 Å². The lowest BCUT2D eigenvalue weighted by atomic mass is 9.95. The zero-order chi connectivity index (χ0) is 15.9. The number of imidazole rings is 1. The first kappa shape index (κ1) is 14.9. The van der Waals surface area contributed by atoms with Gasteiger partial charge >= 0.3 is 0 Å². The highest BCUT2D eigenvalue weighted by Gasteiger charge is 2.53. The molecule has 10 heteroatoms. The van der Waals surface area contributed by atoms with Crippen LogP contribution in [0.5, 0.6) is 5.88 Å². The van der Waals surface area contributed by atoms with E-state index in [4.69, 9.17) is 20.3 Å². The Kier molecular flexibility index (Phi) is 3.59. The molecule has 4 N–H and O–H groups in total. The fourth-order valence-electron chi connectivity index (χ4n) is 2.47. The van der Waals surface area contributed by atoms with E-state index in [0.29, 0.717) is 6.61 Å². The second-order valence-corrected chi connectivity index (χ2v) is 4.93. The van der Waals surface area contributed by atoms with Gasteiger partial charge in [-0.15, -0.1) is 5.10 Å². The molecule has 1 fully saturated rings. The van der Waals surface area contributed by atoms with Crippen molar-refractivity contribution in [2.24, 2.45) is 0 Å². The number of ether oxygens (including phenoxy) is 2. The lowest BCUT2D eigenvalue weighted by Crippen LogP contribution is -2.40.